The second-order valence-corrected chi connectivity index (χ2v) is 10.5. The average molecular weight is 431 g/mol. The van der Waals surface area contributed by atoms with Crippen LogP contribution < -0.4 is 0 Å². The van der Waals surface area contributed by atoms with Gasteiger partial charge in [-0.1, -0.05) is 42.8 Å². The molecule has 3 fully saturated rings. The molecule has 3 saturated carbocycles. The van der Waals surface area contributed by atoms with E-state index in [9.17, 15) is 19.4 Å². The summed E-state index contributed by atoms with van der Waals surface area (Å²) in [7, 11) is 0. The molecule has 2 N–H and O–H groups in total. The normalized spacial score (nSPS) is 56.2. The van der Waals surface area contributed by atoms with Crippen LogP contribution in [0.25, 0.3) is 0 Å². The smallest absolute Gasteiger partial charge is 0.213 e. The first-order valence-corrected chi connectivity index (χ1v) is 10.1. The third kappa shape index (κ3) is 1.96. The molecular weight excluding hydrogens is 406 g/mol. The third-order valence-corrected chi connectivity index (χ3v) is 9.92. The standard InChI is InChI=1S/C20H25BrF2O3/c1-9-6-10-11-7-12(22)15-16(23)13(24)4-5-19(15,3)20(11,21)14(25)8-18(10,2)17(9)26/h4-5,9-12,14,17,25-26H,6-8H2,1-3H3/t9-,10+,11+,12+,14+,17-,18+,19+,20+/m1/s1. The Morgan fingerprint density at radius 3 is 2.54 bits per heavy atom. The molecule has 6 heteroatoms. The van der Waals surface area contributed by atoms with E-state index in [-0.39, 0.29) is 29.7 Å². The highest BCUT2D eigenvalue weighted by Gasteiger charge is 2.71. The van der Waals surface area contributed by atoms with Gasteiger partial charge in [-0.3, -0.25) is 4.79 Å². The first-order chi connectivity index (χ1) is 12.0. The number of allylic oxidation sites excluding steroid dienone is 4. The quantitative estimate of drug-likeness (QED) is 0.576. The Labute approximate surface area is 160 Å². The van der Waals surface area contributed by atoms with Crippen molar-refractivity contribution in [2.45, 2.75) is 62.7 Å². The van der Waals surface area contributed by atoms with E-state index in [1.165, 1.54) is 0 Å². The lowest BCUT2D eigenvalue weighted by atomic mass is 9.47. The van der Waals surface area contributed by atoms with Crippen LogP contribution in [0.2, 0.25) is 0 Å². The van der Waals surface area contributed by atoms with Crippen molar-refractivity contribution in [3.8, 4) is 0 Å². The van der Waals surface area contributed by atoms with Gasteiger partial charge < -0.3 is 10.2 Å². The predicted molar refractivity (Wildman–Crippen MR) is 97.1 cm³/mol. The van der Waals surface area contributed by atoms with E-state index in [4.69, 9.17) is 0 Å². The molecular formula is C20H25BrF2O3. The number of alkyl halides is 2. The SMILES string of the molecule is C[C@@H]1C[C@H]2[C@@H]3C[C@H](F)C4=C(F)C(=O)C=C[C@]4(C)[C@@]3(Br)[C@@H](O)C[C@]2(C)[C@@H]1O. The summed E-state index contributed by atoms with van der Waals surface area (Å²) in [6.07, 6.45) is 0.831. The molecule has 0 aromatic rings. The monoisotopic (exact) mass is 430 g/mol. The van der Waals surface area contributed by atoms with E-state index < -0.39 is 45.1 Å². The minimum atomic E-state index is -1.58. The fourth-order valence-electron chi connectivity index (χ4n) is 6.64. The van der Waals surface area contributed by atoms with Crippen LogP contribution in [-0.4, -0.2) is 38.7 Å². The molecule has 0 aromatic heterocycles. The van der Waals surface area contributed by atoms with Crippen LogP contribution in [0.15, 0.2) is 23.6 Å². The zero-order valence-corrected chi connectivity index (χ0v) is 16.8. The Kier molecular flexibility index (Phi) is 3.95. The molecule has 26 heavy (non-hydrogen) atoms. The Bertz CT molecular complexity index is 737. The highest BCUT2D eigenvalue weighted by atomic mass is 79.9. The zero-order valence-electron chi connectivity index (χ0n) is 15.2. The van der Waals surface area contributed by atoms with Crippen molar-refractivity contribution < 1.29 is 23.8 Å². The molecule has 0 aliphatic heterocycles. The number of aliphatic hydroxyl groups excluding tert-OH is 2. The van der Waals surface area contributed by atoms with Crippen LogP contribution in [-0.2, 0) is 4.79 Å². The van der Waals surface area contributed by atoms with Crippen molar-refractivity contribution in [3.05, 3.63) is 23.6 Å². The van der Waals surface area contributed by atoms with Crippen molar-refractivity contribution in [1.82, 2.24) is 0 Å². The van der Waals surface area contributed by atoms with E-state index in [0.717, 1.165) is 12.5 Å². The Morgan fingerprint density at radius 2 is 1.88 bits per heavy atom. The van der Waals surface area contributed by atoms with Crippen LogP contribution in [0.5, 0.6) is 0 Å². The Morgan fingerprint density at radius 1 is 1.23 bits per heavy atom. The number of ketones is 1. The number of hydrogen-bond donors (Lipinski definition) is 2. The number of halogens is 3. The van der Waals surface area contributed by atoms with E-state index in [1.807, 2.05) is 13.8 Å². The summed E-state index contributed by atoms with van der Waals surface area (Å²) in [4.78, 5) is 11.8. The number of carbonyl (C=O) groups is 1. The molecule has 0 heterocycles. The Hall–Kier alpha value is -0.590. The van der Waals surface area contributed by atoms with Crippen LogP contribution in [0.4, 0.5) is 8.78 Å². The Balaban J connectivity index is 1.89. The topological polar surface area (TPSA) is 57.5 Å². The number of hydrogen-bond acceptors (Lipinski definition) is 3. The molecule has 4 aliphatic rings. The predicted octanol–water partition coefficient (Wildman–Crippen LogP) is 3.63. The fourth-order valence-corrected chi connectivity index (χ4v) is 7.65. The van der Waals surface area contributed by atoms with Gasteiger partial charge in [-0.25, -0.2) is 8.78 Å². The van der Waals surface area contributed by atoms with Crippen molar-refractivity contribution >= 4 is 21.7 Å². The van der Waals surface area contributed by atoms with E-state index in [0.29, 0.717) is 6.42 Å². The molecule has 9 atom stereocenters. The molecule has 0 aromatic carbocycles. The number of carbonyl (C=O) groups excluding carboxylic acids is 1. The molecule has 0 radical (unpaired) electrons. The summed E-state index contributed by atoms with van der Waals surface area (Å²) in [6, 6.07) is 0. The van der Waals surface area contributed by atoms with Crippen LogP contribution in [0.3, 0.4) is 0 Å². The second-order valence-electron chi connectivity index (χ2n) is 9.20. The van der Waals surface area contributed by atoms with Crippen LogP contribution in [0.1, 0.15) is 40.0 Å². The molecule has 144 valence electrons. The summed E-state index contributed by atoms with van der Waals surface area (Å²) < 4.78 is 28.8. The van der Waals surface area contributed by atoms with Gasteiger partial charge in [0.2, 0.25) is 5.78 Å². The number of fused-ring (bicyclic) bond motifs is 5. The molecule has 0 spiro atoms. The molecule has 4 aliphatic carbocycles. The van der Waals surface area contributed by atoms with Crippen molar-refractivity contribution in [2.75, 3.05) is 0 Å². The van der Waals surface area contributed by atoms with E-state index in [1.54, 1.807) is 13.0 Å². The maximum Gasteiger partial charge on any atom is 0.213 e. The van der Waals surface area contributed by atoms with Gasteiger partial charge in [0.15, 0.2) is 5.83 Å². The first-order valence-electron chi connectivity index (χ1n) is 9.31. The third-order valence-electron chi connectivity index (χ3n) is 7.98. The summed E-state index contributed by atoms with van der Waals surface area (Å²) in [5.74, 6) is -2.03. The second kappa shape index (κ2) is 5.48. The lowest BCUT2D eigenvalue weighted by Crippen LogP contribution is -2.67. The van der Waals surface area contributed by atoms with Gasteiger partial charge >= 0.3 is 0 Å². The maximum atomic E-state index is 15.2. The molecule has 4 rings (SSSR count). The van der Waals surface area contributed by atoms with Gasteiger partial charge in [-0.2, -0.15) is 0 Å². The van der Waals surface area contributed by atoms with Crippen LogP contribution in [0, 0.1) is 28.6 Å². The highest BCUT2D eigenvalue weighted by Crippen LogP contribution is 2.70. The van der Waals surface area contributed by atoms with E-state index in [2.05, 4.69) is 15.9 Å². The summed E-state index contributed by atoms with van der Waals surface area (Å²) in [5.41, 5.74) is -1.78. The minimum absolute atomic E-state index is 0.0148. The first kappa shape index (κ1) is 18.8. The van der Waals surface area contributed by atoms with Crippen molar-refractivity contribution in [2.24, 2.45) is 28.6 Å². The average Bonchev–Trinajstić information content (AvgIpc) is 2.78. The molecule has 0 saturated heterocycles. The summed E-state index contributed by atoms with van der Waals surface area (Å²) in [6.45, 7) is 5.67. The van der Waals surface area contributed by atoms with Gasteiger partial charge in [0.1, 0.15) is 6.17 Å². The molecule has 0 amide bonds. The maximum absolute atomic E-state index is 15.2. The van der Waals surface area contributed by atoms with Gasteiger partial charge in [0.25, 0.3) is 0 Å². The van der Waals surface area contributed by atoms with Gasteiger partial charge in [0.05, 0.1) is 16.5 Å². The highest BCUT2D eigenvalue weighted by molar-refractivity contribution is 9.10. The molecule has 0 bridgehead atoms. The zero-order chi connectivity index (χ0) is 19.2. The van der Waals surface area contributed by atoms with Gasteiger partial charge in [-0.05, 0) is 48.5 Å². The summed E-state index contributed by atoms with van der Waals surface area (Å²) in [5, 5.41) is 21.9. The lowest BCUT2D eigenvalue weighted by Gasteiger charge is -2.63. The number of rotatable bonds is 0. The fraction of sp³-hybridized carbons (Fsp3) is 0.750. The van der Waals surface area contributed by atoms with Crippen molar-refractivity contribution in [1.29, 1.82) is 0 Å². The van der Waals surface area contributed by atoms with E-state index >= 15 is 4.39 Å². The largest absolute Gasteiger partial charge is 0.392 e. The van der Waals surface area contributed by atoms with Gasteiger partial charge in [-0.15, -0.1) is 0 Å². The molecule has 3 nitrogen and oxygen atoms in total. The van der Waals surface area contributed by atoms with Crippen molar-refractivity contribution in [3.63, 3.8) is 0 Å². The minimum Gasteiger partial charge on any atom is -0.392 e. The number of aliphatic hydroxyl groups is 2. The molecule has 0 unspecified atom stereocenters. The van der Waals surface area contributed by atoms with Crippen LogP contribution >= 0.6 is 15.9 Å². The lowest BCUT2D eigenvalue weighted by molar-refractivity contribution is -0.122. The summed E-state index contributed by atoms with van der Waals surface area (Å²) >= 11 is 3.75. The van der Waals surface area contributed by atoms with Gasteiger partial charge in [0, 0.05) is 11.0 Å².